The zero-order valence-corrected chi connectivity index (χ0v) is 10.9. The van der Waals surface area contributed by atoms with Crippen LogP contribution in [0.4, 0.5) is 0 Å². The fourth-order valence-corrected chi connectivity index (χ4v) is 2.18. The van der Waals surface area contributed by atoms with Gasteiger partial charge in [0.05, 0.1) is 12.3 Å². The van der Waals surface area contributed by atoms with Crippen molar-refractivity contribution in [3.63, 3.8) is 0 Å². The highest BCUT2D eigenvalue weighted by molar-refractivity contribution is 6.33. The molecule has 1 heterocycles. The molecule has 0 amide bonds. The molecule has 1 aromatic heterocycles. The first-order chi connectivity index (χ1) is 8.08. The van der Waals surface area contributed by atoms with E-state index < -0.39 is 0 Å². The second kappa shape index (κ2) is 5.13. The summed E-state index contributed by atoms with van der Waals surface area (Å²) in [7, 11) is 0. The van der Waals surface area contributed by atoms with Crippen LogP contribution in [0.3, 0.4) is 0 Å². The molecule has 0 aliphatic carbocycles. The molecule has 0 radical (unpaired) electrons. The van der Waals surface area contributed by atoms with E-state index in [1.807, 2.05) is 19.1 Å². The van der Waals surface area contributed by atoms with Crippen LogP contribution < -0.4 is 5.73 Å². The number of halogens is 2. The van der Waals surface area contributed by atoms with Crippen molar-refractivity contribution in [2.24, 2.45) is 5.73 Å². The van der Waals surface area contributed by atoms with Crippen LogP contribution in [-0.2, 0) is 6.42 Å². The van der Waals surface area contributed by atoms with Gasteiger partial charge < -0.3 is 10.2 Å². The smallest absolute Gasteiger partial charge is 0.123 e. The molecule has 1 unspecified atom stereocenters. The summed E-state index contributed by atoms with van der Waals surface area (Å²) in [5.74, 6) is 0.793. The maximum atomic E-state index is 6.10. The minimum absolute atomic E-state index is 0.207. The van der Waals surface area contributed by atoms with Gasteiger partial charge in [-0.25, -0.2) is 0 Å². The molecule has 2 aromatic rings. The largest absolute Gasteiger partial charge is 0.467 e. The lowest BCUT2D eigenvalue weighted by Gasteiger charge is -2.11. The Hall–Kier alpha value is -0.960. The summed E-state index contributed by atoms with van der Waals surface area (Å²) in [6.45, 7) is 1.97. The lowest BCUT2D eigenvalue weighted by molar-refractivity contribution is 0.461. The van der Waals surface area contributed by atoms with E-state index in [2.05, 4.69) is 0 Å². The Balaban J connectivity index is 2.21. The third-order valence-corrected chi connectivity index (χ3v) is 3.29. The van der Waals surface area contributed by atoms with Crippen molar-refractivity contribution in [3.8, 4) is 0 Å². The second-order valence-corrected chi connectivity index (χ2v) is 4.86. The minimum atomic E-state index is -0.207. The first-order valence-electron chi connectivity index (χ1n) is 5.31. The fraction of sp³-hybridized carbons (Fsp3) is 0.231. The number of rotatable bonds is 3. The van der Waals surface area contributed by atoms with Crippen molar-refractivity contribution in [2.45, 2.75) is 19.4 Å². The summed E-state index contributed by atoms with van der Waals surface area (Å²) in [5.41, 5.74) is 8.08. The third-order valence-electron chi connectivity index (χ3n) is 2.69. The SMILES string of the molecule is Cc1ccoc1C(N)Cc1cc(Cl)ccc1Cl. The van der Waals surface area contributed by atoms with E-state index in [0.29, 0.717) is 16.5 Å². The number of nitrogens with two attached hydrogens (primary N) is 1. The molecule has 0 saturated carbocycles. The first-order valence-corrected chi connectivity index (χ1v) is 6.07. The van der Waals surface area contributed by atoms with Crippen molar-refractivity contribution >= 4 is 23.2 Å². The molecule has 0 fully saturated rings. The van der Waals surface area contributed by atoms with E-state index in [4.69, 9.17) is 33.4 Å². The molecular weight excluding hydrogens is 257 g/mol. The highest BCUT2D eigenvalue weighted by atomic mass is 35.5. The van der Waals surface area contributed by atoms with Gasteiger partial charge in [0.2, 0.25) is 0 Å². The summed E-state index contributed by atoms with van der Waals surface area (Å²) >= 11 is 12.0. The molecule has 4 heteroatoms. The van der Waals surface area contributed by atoms with E-state index in [0.717, 1.165) is 16.9 Å². The highest BCUT2D eigenvalue weighted by Gasteiger charge is 2.14. The number of hydrogen-bond acceptors (Lipinski definition) is 2. The molecule has 0 aliphatic heterocycles. The van der Waals surface area contributed by atoms with Crippen LogP contribution in [0.2, 0.25) is 10.0 Å². The van der Waals surface area contributed by atoms with Crippen molar-refractivity contribution in [2.75, 3.05) is 0 Å². The Morgan fingerprint density at radius 1 is 1.29 bits per heavy atom. The number of hydrogen-bond donors (Lipinski definition) is 1. The van der Waals surface area contributed by atoms with Crippen LogP contribution in [0.1, 0.15) is 22.9 Å². The van der Waals surface area contributed by atoms with Crippen molar-refractivity contribution in [1.29, 1.82) is 0 Å². The molecule has 2 rings (SSSR count). The van der Waals surface area contributed by atoms with Crippen molar-refractivity contribution < 1.29 is 4.42 Å². The number of furan rings is 1. The highest BCUT2D eigenvalue weighted by Crippen LogP contribution is 2.26. The van der Waals surface area contributed by atoms with Crippen LogP contribution in [-0.4, -0.2) is 0 Å². The predicted octanol–water partition coefficient (Wildman–Crippen LogP) is 4.14. The molecular formula is C13H13Cl2NO. The second-order valence-electron chi connectivity index (χ2n) is 4.01. The van der Waals surface area contributed by atoms with Crippen LogP contribution >= 0.6 is 23.2 Å². The molecule has 0 bridgehead atoms. The van der Waals surface area contributed by atoms with Crippen LogP contribution in [0, 0.1) is 6.92 Å². The summed E-state index contributed by atoms with van der Waals surface area (Å²) in [6.07, 6.45) is 2.25. The Labute approximate surface area is 110 Å². The molecule has 90 valence electrons. The van der Waals surface area contributed by atoms with Gasteiger partial charge in [0, 0.05) is 10.0 Å². The molecule has 0 saturated heterocycles. The molecule has 0 aliphatic rings. The monoisotopic (exact) mass is 269 g/mol. The van der Waals surface area contributed by atoms with Gasteiger partial charge in [-0.2, -0.15) is 0 Å². The quantitative estimate of drug-likeness (QED) is 0.910. The Kier molecular flexibility index (Phi) is 3.77. The average Bonchev–Trinajstić information content (AvgIpc) is 2.70. The summed E-state index contributed by atoms with van der Waals surface area (Å²) in [5, 5.41) is 1.34. The Bertz CT molecular complexity index is 522. The van der Waals surface area contributed by atoms with Crippen molar-refractivity contribution in [3.05, 3.63) is 57.5 Å². The molecule has 2 nitrogen and oxygen atoms in total. The zero-order valence-electron chi connectivity index (χ0n) is 9.41. The molecule has 1 atom stereocenters. The molecule has 1 aromatic carbocycles. The summed E-state index contributed by atoms with van der Waals surface area (Å²) in [6, 6.07) is 7.07. The third kappa shape index (κ3) is 2.83. The van der Waals surface area contributed by atoms with E-state index in [1.165, 1.54) is 0 Å². The van der Waals surface area contributed by atoms with Crippen LogP contribution in [0.25, 0.3) is 0 Å². The number of aryl methyl sites for hydroxylation is 1. The predicted molar refractivity (Wildman–Crippen MR) is 70.5 cm³/mol. The van der Waals surface area contributed by atoms with Gasteiger partial charge in [-0.15, -0.1) is 0 Å². The van der Waals surface area contributed by atoms with Crippen LogP contribution in [0.5, 0.6) is 0 Å². The van der Waals surface area contributed by atoms with Gasteiger partial charge in [0.15, 0.2) is 0 Å². The van der Waals surface area contributed by atoms with Crippen LogP contribution in [0.15, 0.2) is 34.9 Å². The summed E-state index contributed by atoms with van der Waals surface area (Å²) < 4.78 is 5.37. The topological polar surface area (TPSA) is 39.2 Å². The standard InChI is InChI=1S/C13H13Cl2NO/c1-8-4-5-17-13(8)12(16)7-9-6-10(14)2-3-11(9)15/h2-6,12H,7,16H2,1H3. The van der Waals surface area contributed by atoms with Gasteiger partial charge >= 0.3 is 0 Å². The van der Waals surface area contributed by atoms with Gasteiger partial charge in [-0.05, 0) is 48.7 Å². The lowest BCUT2D eigenvalue weighted by atomic mass is 10.0. The van der Waals surface area contributed by atoms with Gasteiger partial charge in [0.1, 0.15) is 5.76 Å². The summed E-state index contributed by atoms with van der Waals surface area (Å²) in [4.78, 5) is 0. The van der Waals surface area contributed by atoms with E-state index >= 15 is 0 Å². The molecule has 0 spiro atoms. The Morgan fingerprint density at radius 2 is 2.06 bits per heavy atom. The zero-order chi connectivity index (χ0) is 12.4. The number of benzene rings is 1. The first kappa shape index (κ1) is 12.5. The maximum Gasteiger partial charge on any atom is 0.123 e. The van der Waals surface area contributed by atoms with Crippen molar-refractivity contribution in [1.82, 2.24) is 0 Å². The minimum Gasteiger partial charge on any atom is -0.467 e. The fourth-order valence-electron chi connectivity index (χ4n) is 1.79. The lowest BCUT2D eigenvalue weighted by Crippen LogP contribution is -2.13. The van der Waals surface area contributed by atoms with Gasteiger partial charge in [-0.1, -0.05) is 23.2 Å². The van der Waals surface area contributed by atoms with Gasteiger partial charge in [-0.3, -0.25) is 0 Å². The normalized spacial score (nSPS) is 12.7. The van der Waals surface area contributed by atoms with E-state index in [9.17, 15) is 0 Å². The average molecular weight is 270 g/mol. The molecule has 2 N–H and O–H groups in total. The Morgan fingerprint density at radius 3 is 2.71 bits per heavy atom. The molecule has 17 heavy (non-hydrogen) atoms. The maximum absolute atomic E-state index is 6.10. The van der Waals surface area contributed by atoms with Gasteiger partial charge in [0.25, 0.3) is 0 Å². The van der Waals surface area contributed by atoms with E-state index in [1.54, 1.807) is 18.4 Å². The van der Waals surface area contributed by atoms with E-state index in [-0.39, 0.29) is 6.04 Å².